The summed E-state index contributed by atoms with van der Waals surface area (Å²) in [4.78, 5) is 36.0. The van der Waals surface area contributed by atoms with Gasteiger partial charge in [-0.15, -0.1) is 0 Å². The fourth-order valence-corrected chi connectivity index (χ4v) is 3.03. The summed E-state index contributed by atoms with van der Waals surface area (Å²) in [5, 5.41) is 11.5. The lowest BCUT2D eigenvalue weighted by Gasteiger charge is -2.15. The minimum atomic E-state index is -4.01. The topological polar surface area (TPSA) is 171 Å². The maximum absolute atomic E-state index is 12.0. The number of carbonyl (C=O) groups excluding carboxylic acids is 2. The molecule has 0 saturated carbocycles. The summed E-state index contributed by atoms with van der Waals surface area (Å²) in [6, 6.07) is 1.05. The Morgan fingerprint density at radius 1 is 1.32 bits per heavy atom. The van der Waals surface area contributed by atoms with Crippen LogP contribution in [-0.2, 0) is 19.6 Å². The molecule has 1 heterocycles. The highest BCUT2D eigenvalue weighted by Crippen LogP contribution is 2.11. The average Bonchev–Trinajstić information content (AvgIpc) is 3.00. The second-order valence-corrected chi connectivity index (χ2v) is 7.67. The van der Waals surface area contributed by atoms with Gasteiger partial charge < -0.3 is 21.1 Å². The monoisotopic (exact) mass is 374 g/mol. The van der Waals surface area contributed by atoms with Crippen molar-refractivity contribution in [3.8, 4) is 0 Å². The van der Waals surface area contributed by atoms with Crippen LogP contribution in [0.4, 0.5) is 0 Å². The summed E-state index contributed by atoms with van der Waals surface area (Å²) in [5.41, 5.74) is 4.94. The second kappa shape index (κ2) is 8.62. The number of sulfonamides is 1. The number of aromatic amines is 1. The highest BCUT2D eigenvalue weighted by Gasteiger charge is 2.21. The minimum Gasteiger partial charge on any atom is -0.481 e. The van der Waals surface area contributed by atoms with E-state index in [1.54, 1.807) is 0 Å². The van der Waals surface area contributed by atoms with Gasteiger partial charge in [0.05, 0.1) is 12.5 Å². The predicted octanol–water partition coefficient (Wildman–Crippen LogP) is -0.745. The maximum atomic E-state index is 12.0. The molecule has 0 aromatic carbocycles. The third-order valence-corrected chi connectivity index (χ3v) is 4.69. The van der Waals surface area contributed by atoms with Gasteiger partial charge in [0.15, 0.2) is 0 Å². The van der Waals surface area contributed by atoms with Gasteiger partial charge in [-0.3, -0.25) is 14.4 Å². The van der Waals surface area contributed by atoms with E-state index in [0.29, 0.717) is 6.42 Å². The number of aliphatic carboxylic acids is 1. The van der Waals surface area contributed by atoms with Gasteiger partial charge in [0, 0.05) is 12.7 Å². The molecular weight excluding hydrogens is 352 g/mol. The van der Waals surface area contributed by atoms with Crippen LogP contribution in [0.1, 0.15) is 30.8 Å². The number of primary amides is 1. The molecule has 1 aromatic rings. The summed E-state index contributed by atoms with van der Waals surface area (Å²) in [6.45, 7) is 3.07. The molecule has 2 amide bonds. The molecule has 6 N–H and O–H groups in total. The van der Waals surface area contributed by atoms with E-state index in [0.717, 1.165) is 12.3 Å². The van der Waals surface area contributed by atoms with Gasteiger partial charge in [0.2, 0.25) is 15.9 Å². The van der Waals surface area contributed by atoms with Crippen molar-refractivity contribution in [2.24, 2.45) is 17.6 Å². The molecule has 10 nitrogen and oxygen atoms in total. The lowest BCUT2D eigenvalue weighted by atomic mass is 9.97. The van der Waals surface area contributed by atoms with E-state index in [9.17, 15) is 22.8 Å². The van der Waals surface area contributed by atoms with E-state index >= 15 is 0 Å². The van der Waals surface area contributed by atoms with Crippen LogP contribution in [0, 0.1) is 11.8 Å². The molecule has 1 unspecified atom stereocenters. The smallest absolute Gasteiger partial charge is 0.308 e. The van der Waals surface area contributed by atoms with Gasteiger partial charge in [-0.2, -0.15) is 0 Å². The lowest BCUT2D eigenvalue weighted by molar-refractivity contribution is -0.142. The number of rotatable bonds is 10. The number of nitrogens with two attached hydrogens (primary N) is 1. The fraction of sp³-hybridized carbons (Fsp3) is 0.500. The largest absolute Gasteiger partial charge is 0.481 e. The van der Waals surface area contributed by atoms with Crippen LogP contribution in [-0.4, -0.2) is 49.4 Å². The molecule has 0 bridgehead atoms. The summed E-state index contributed by atoms with van der Waals surface area (Å²) < 4.78 is 26.1. The zero-order valence-corrected chi connectivity index (χ0v) is 14.7. The summed E-state index contributed by atoms with van der Waals surface area (Å²) in [7, 11) is -4.01. The van der Waals surface area contributed by atoms with Crippen LogP contribution in [0.2, 0.25) is 0 Å². The normalized spacial score (nSPS) is 12.8. The van der Waals surface area contributed by atoms with Crippen molar-refractivity contribution in [3.05, 3.63) is 18.0 Å². The zero-order chi connectivity index (χ0) is 19.2. The van der Waals surface area contributed by atoms with Crippen LogP contribution < -0.4 is 15.8 Å². The number of nitrogens with one attached hydrogen (secondary N) is 3. The molecule has 1 rings (SSSR count). The van der Waals surface area contributed by atoms with E-state index in [-0.39, 0.29) is 23.1 Å². The maximum Gasteiger partial charge on any atom is 0.308 e. The number of carboxylic acids is 1. The summed E-state index contributed by atoms with van der Waals surface area (Å²) in [6.07, 6.45) is 1.46. The number of hydrogen-bond donors (Lipinski definition) is 5. The molecule has 1 aromatic heterocycles. The zero-order valence-electron chi connectivity index (χ0n) is 13.9. The molecule has 0 saturated heterocycles. The average molecular weight is 374 g/mol. The molecule has 0 aliphatic heterocycles. The van der Waals surface area contributed by atoms with E-state index in [1.165, 1.54) is 0 Å². The Kier molecular flexibility index (Phi) is 7.12. The molecule has 11 heteroatoms. The van der Waals surface area contributed by atoms with Gasteiger partial charge in [0.25, 0.3) is 5.91 Å². The van der Waals surface area contributed by atoms with Crippen LogP contribution in [0.25, 0.3) is 0 Å². The Bertz CT molecular complexity index is 740. The first-order valence-corrected chi connectivity index (χ1v) is 8.98. The minimum absolute atomic E-state index is 0.0807. The summed E-state index contributed by atoms with van der Waals surface area (Å²) >= 11 is 0. The lowest BCUT2D eigenvalue weighted by Crippen LogP contribution is -2.40. The number of hydrogen-bond acceptors (Lipinski definition) is 5. The van der Waals surface area contributed by atoms with Gasteiger partial charge >= 0.3 is 5.97 Å². The quantitative estimate of drug-likeness (QED) is 0.361. The van der Waals surface area contributed by atoms with Crippen LogP contribution in [0.3, 0.4) is 0 Å². The molecule has 0 aliphatic carbocycles. The number of aromatic nitrogens is 1. The molecule has 0 aliphatic rings. The first kappa shape index (κ1) is 20.6. The Morgan fingerprint density at radius 3 is 2.44 bits per heavy atom. The molecule has 140 valence electrons. The number of carbonyl (C=O) groups is 3. The van der Waals surface area contributed by atoms with E-state index in [2.05, 4.69) is 15.0 Å². The first-order chi connectivity index (χ1) is 11.5. The molecule has 0 spiro atoms. The highest BCUT2D eigenvalue weighted by molar-refractivity contribution is 7.89. The van der Waals surface area contributed by atoms with Crippen molar-refractivity contribution in [2.75, 3.05) is 13.1 Å². The Balaban J connectivity index is 2.56. The van der Waals surface area contributed by atoms with Crippen molar-refractivity contribution < 1.29 is 27.9 Å². The van der Waals surface area contributed by atoms with E-state index < -0.39 is 40.3 Å². The summed E-state index contributed by atoms with van der Waals surface area (Å²) in [5.74, 6) is -3.11. The van der Waals surface area contributed by atoms with Gasteiger partial charge in [-0.1, -0.05) is 13.8 Å². The van der Waals surface area contributed by atoms with E-state index in [1.807, 2.05) is 13.8 Å². The first-order valence-electron chi connectivity index (χ1n) is 7.50. The standard InChI is InChI=1S/C14H22N4O6S/c1-8(2)3-9(14(21)22)5-17-12(19)7-18-25(23,24)10-4-11(13(15)20)16-6-10/h4,6,8-9,16,18H,3,5,7H2,1-2H3,(H2,15,20)(H,17,19)(H,21,22). The second-order valence-electron chi connectivity index (χ2n) is 5.91. The Hall–Kier alpha value is -2.40. The third kappa shape index (κ3) is 6.55. The molecule has 25 heavy (non-hydrogen) atoms. The van der Waals surface area contributed by atoms with E-state index in [4.69, 9.17) is 10.8 Å². The van der Waals surface area contributed by atoms with Gasteiger partial charge in [0.1, 0.15) is 10.6 Å². The number of carboxylic acid groups (broad SMARTS) is 1. The Morgan fingerprint density at radius 2 is 1.96 bits per heavy atom. The van der Waals surface area contributed by atoms with Crippen molar-refractivity contribution in [2.45, 2.75) is 25.2 Å². The van der Waals surface area contributed by atoms with Crippen molar-refractivity contribution in [1.29, 1.82) is 0 Å². The van der Waals surface area contributed by atoms with Crippen molar-refractivity contribution >= 4 is 27.8 Å². The van der Waals surface area contributed by atoms with Crippen LogP contribution in [0.15, 0.2) is 17.2 Å². The SMILES string of the molecule is CC(C)CC(CNC(=O)CNS(=O)(=O)c1c[nH]c(C(N)=O)c1)C(=O)O. The highest BCUT2D eigenvalue weighted by atomic mass is 32.2. The van der Waals surface area contributed by atoms with Crippen molar-refractivity contribution in [3.63, 3.8) is 0 Å². The fourth-order valence-electron chi connectivity index (χ4n) is 2.06. The van der Waals surface area contributed by atoms with Crippen LogP contribution in [0.5, 0.6) is 0 Å². The van der Waals surface area contributed by atoms with Gasteiger partial charge in [-0.25, -0.2) is 13.1 Å². The van der Waals surface area contributed by atoms with Crippen molar-refractivity contribution in [1.82, 2.24) is 15.0 Å². The molecule has 1 atom stereocenters. The van der Waals surface area contributed by atoms with Crippen LogP contribution >= 0.6 is 0 Å². The number of amides is 2. The predicted molar refractivity (Wildman–Crippen MR) is 88.1 cm³/mol. The Labute approximate surface area is 145 Å². The molecular formula is C14H22N4O6S. The third-order valence-electron chi connectivity index (χ3n) is 3.31. The molecule has 0 fully saturated rings. The van der Waals surface area contributed by atoms with Gasteiger partial charge in [-0.05, 0) is 18.4 Å². The number of H-pyrrole nitrogens is 1. The molecule has 0 radical (unpaired) electrons.